The fourth-order valence-electron chi connectivity index (χ4n) is 1.06. The van der Waals surface area contributed by atoms with E-state index in [1.165, 1.54) is 0 Å². The molecular formula is C8H8N4O. The second-order valence-corrected chi connectivity index (χ2v) is 2.59. The van der Waals surface area contributed by atoms with Crippen LogP contribution in [-0.2, 0) is 0 Å². The topological polar surface area (TPSA) is 76.7 Å². The van der Waals surface area contributed by atoms with Crippen molar-refractivity contribution in [3.8, 4) is 11.4 Å². The molecule has 0 aliphatic heterocycles. The van der Waals surface area contributed by atoms with Gasteiger partial charge in [0.25, 0.3) is 0 Å². The van der Waals surface area contributed by atoms with Gasteiger partial charge in [-0.25, -0.2) is 4.79 Å². The molecule has 2 rings (SSSR count). The Morgan fingerprint density at radius 2 is 2.00 bits per heavy atom. The van der Waals surface area contributed by atoms with Gasteiger partial charge < -0.3 is 5.84 Å². The molecule has 2 aromatic rings. The summed E-state index contributed by atoms with van der Waals surface area (Å²) in [5.41, 5.74) is 0.419. The van der Waals surface area contributed by atoms with Crippen molar-refractivity contribution in [1.82, 2.24) is 14.9 Å². The zero-order chi connectivity index (χ0) is 9.26. The van der Waals surface area contributed by atoms with Gasteiger partial charge in [-0.2, -0.15) is 0 Å². The summed E-state index contributed by atoms with van der Waals surface area (Å²) >= 11 is 0. The minimum absolute atomic E-state index is 0.418. The Hall–Kier alpha value is -2.04. The van der Waals surface area contributed by atoms with Gasteiger partial charge in [0.1, 0.15) is 0 Å². The molecule has 0 atom stereocenters. The summed E-state index contributed by atoms with van der Waals surface area (Å²) in [4.78, 5) is 14.2. The highest BCUT2D eigenvalue weighted by molar-refractivity contribution is 5.53. The van der Waals surface area contributed by atoms with Crippen LogP contribution < -0.4 is 11.5 Å². The fourth-order valence-corrected chi connectivity index (χ4v) is 1.06. The number of hydrogen-bond donors (Lipinski definition) is 2. The van der Waals surface area contributed by atoms with Crippen LogP contribution in [0, 0.1) is 0 Å². The molecule has 1 aromatic carbocycles. The number of nitrogen functional groups attached to an aromatic ring is 1. The van der Waals surface area contributed by atoms with Gasteiger partial charge in [-0.1, -0.05) is 30.3 Å². The quantitative estimate of drug-likeness (QED) is 0.598. The molecule has 0 aliphatic carbocycles. The molecule has 0 fully saturated rings. The molecular weight excluding hydrogens is 168 g/mol. The third-order valence-electron chi connectivity index (χ3n) is 1.69. The van der Waals surface area contributed by atoms with Crippen molar-refractivity contribution in [1.29, 1.82) is 0 Å². The average Bonchev–Trinajstić information content (AvgIpc) is 2.49. The monoisotopic (exact) mass is 176 g/mol. The number of aromatic amines is 1. The third kappa shape index (κ3) is 1.31. The Bertz CT molecular complexity index is 456. The van der Waals surface area contributed by atoms with E-state index in [2.05, 4.69) is 10.1 Å². The third-order valence-corrected chi connectivity index (χ3v) is 1.69. The number of nitrogens with one attached hydrogen (secondary N) is 1. The van der Waals surface area contributed by atoms with E-state index in [1.54, 1.807) is 0 Å². The SMILES string of the molecule is Nn1nc(-c2ccccc2)[nH]c1=O. The maximum absolute atomic E-state index is 10.9. The number of rotatable bonds is 1. The first-order chi connectivity index (χ1) is 6.27. The highest BCUT2D eigenvalue weighted by atomic mass is 16.2. The molecule has 0 radical (unpaired) electrons. The second-order valence-electron chi connectivity index (χ2n) is 2.59. The first-order valence-corrected chi connectivity index (χ1v) is 3.77. The van der Waals surface area contributed by atoms with Crippen LogP contribution in [0.3, 0.4) is 0 Å². The van der Waals surface area contributed by atoms with Gasteiger partial charge in [-0.15, -0.1) is 9.89 Å². The van der Waals surface area contributed by atoms with Crippen molar-refractivity contribution in [3.63, 3.8) is 0 Å². The molecule has 0 spiro atoms. The van der Waals surface area contributed by atoms with E-state index in [0.29, 0.717) is 5.82 Å². The Kier molecular flexibility index (Phi) is 1.63. The molecule has 0 bridgehead atoms. The summed E-state index contributed by atoms with van der Waals surface area (Å²) in [5, 5.41) is 3.81. The summed E-state index contributed by atoms with van der Waals surface area (Å²) in [7, 11) is 0. The molecule has 3 N–H and O–H groups in total. The number of benzene rings is 1. The van der Waals surface area contributed by atoms with Gasteiger partial charge in [-0.3, -0.25) is 4.98 Å². The van der Waals surface area contributed by atoms with Crippen molar-refractivity contribution < 1.29 is 0 Å². The van der Waals surface area contributed by atoms with E-state index in [4.69, 9.17) is 5.84 Å². The van der Waals surface area contributed by atoms with E-state index >= 15 is 0 Å². The standard InChI is InChI=1S/C8H8N4O/c9-12-8(13)10-7(11-12)6-4-2-1-3-5-6/h1-5H,9H2,(H,10,11,13). The van der Waals surface area contributed by atoms with Crippen LogP contribution in [-0.4, -0.2) is 14.9 Å². The van der Waals surface area contributed by atoms with Crippen molar-refractivity contribution in [2.45, 2.75) is 0 Å². The molecule has 1 aromatic heterocycles. The minimum atomic E-state index is -0.418. The van der Waals surface area contributed by atoms with Crippen LogP contribution in [0.4, 0.5) is 0 Å². The minimum Gasteiger partial charge on any atom is -0.318 e. The highest BCUT2D eigenvalue weighted by Crippen LogP contribution is 2.10. The van der Waals surface area contributed by atoms with E-state index in [0.717, 1.165) is 10.4 Å². The Morgan fingerprint density at radius 3 is 2.54 bits per heavy atom. The lowest BCUT2D eigenvalue weighted by Crippen LogP contribution is -2.25. The highest BCUT2D eigenvalue weighted by Gasteiger charge is 2.02. The Balaban J connectivity index is 2.54. The smallest absolute Gasteiger partial charge is 0.318 e. The van der Waals surface area contributed by atoms with Crippen molar-refractivity contribution in [2.24, 2.45) is 0 Å². The molecule has 0 aliphatic rings. The van der Waals surface area contributed by atoms with Gasteiger partial charge in [0, 0.05) is 5.56 Å². The zero-order valence-electron chi connectivity index (χ0n) is 6.77. The lowest BCUT2D eigenvalue weighted by molar-refractivity contribution is 0.797. The predicted molar refractivity (Wildman–Crippen MR) is 48.4 cm³/mol. The summed E-state index contributed by atoms with van der Waals surface area (Å²) in [6.45, 7) is 0. The van der Waals surface area contributed by atoms with Gasteiger partial charge in [-0.05, 0) is 0 Å². The summed E-state index contributed by atoms with van der Waals surface area (Å²) in [5.74, 6) is 5.72. The largest absolute Gasteiger partial charge is 0.362 e. The molecule has 0 amide bonds. The molecule has 66 valence electrons. The normalized spacial score (nSPS) is 10.2. The molecule has 0 saturated heterocycles. The van der Waals surface area contributed by atoms with Crippen LogP contribution in [0.1, 0.15) is 0 Å². The van der Waals surface area contributed by atoms with Gasteiger partial charge in [0.05, 0.1) is 0 Å². The fraction of sp³-hybridized carbons (Fsp3) is 0. The summed E-state index contributed by atoms with van der Waals surface area (Å²) in [6, 6.07) is 9.31. The van der Waals surface area contributed by atoms with Gasteiger partial charge >= 0.3 is 5.69 Å². The first kappa shape index (κ1) is 7.60. The van der Waals surface area contributed by atoms with Crippen molar-refractivity contribution >= 4 is 0 Å². The average molecular weight is 176 g/mol. The summed E-state index contributed by atoms with van der Waals surface area (Å²) in [6.07, 6.45) is 0. The Labute approximate surface area is 73.8 Å². The van der Waals surface area contributed by atoms with E-state index in [1.807, 2.05) is 30.3 Å². The molecule has 1 heterocycles. The molecule has 5 nitrogen and oxygen atoms in total. The van der Waals surface area contributed by atoms with Crippen LogP contribution in [0.15, 0.2) is 35.1 Å². The van der Waals surface area contributed by atoms with Crippen LogP contribution in [0.2, 0.25) is 0 Å². The Morgan fingerprint density at radius 1 is 1.31 bits per heavy atom. The van der Waals surface area contributed by atoms with Gasteiger partial charge in [0.15, 0.2) is 5.82 Å². The van der Waals surface area contributed by atoms with Crippen LogP contribution >= 0.6 is 0 Å². The lowest BCUT2D eigenvalue weighted by Gasteiger charge is -1.91. The molecule has 0 unspecified atom stereocenters. The maximum atomic E-state index is 10.9. The zero-order valence-corrected chi connectivity index (χ0v) is 6.77. The number of hydrogen-bond acceptors (Lipinski definition) is 3. The van der Waals surface area contributed by atoms with E-state index < -0.39 is 5.69 Å². The lowest BCUT2D eigenvalue weighted by atomic mass is 10.2. The molecule has 13 heavy (non-hydrogen) atoms. The molecule has 5 heteroatoms. The van der Waals surface area contributed by atoms with Crippen LogP contribution in [0.25, 0.3) is 11.4 Å². The predicted octanol–water partition coefficient (Wildman–Crippen LogP) is -0.0478. The number of nitrogens with zero attached hydrogens (tertiary/aromatic N) is 2. The molecule has 0 saturated carbocycles. The van der Waals surface area contributed by atoms with Crippen LogP contribution in [0.5, 0.6) is 0 Å². The second kappa shape index (κ2) is 2.78. The maximum Gasteiger partial charge on any atom is 0.362 e. The van der Waals surface area contributed by atoms with Gasteiger partial charge in [0.2, 0.25) is 0 Å². The van der Waals surface area contributed by atoms with Crippen molar-refractivity contribution in [3.05, 3.63) is 40.8 Å². The number of H-pyrrole nitrogens is 1. The number of aromatic nitrogens is 3. The summed E-state index contributed by atoms with van der Waals surface area (Å²) < 4.78 is 0. The first-order valence-electron chi connectivity index (χ1n) is 3.77. The van der Waals surface area contributed by atoms with E-state index in [-0.39, 0.29) is 0 Å². The van der Waals surface area contributed by atoms with Crippen molar-refractivity contribution in [2.75, 3.05) is 5.84 Å². The van der Waals surface area contributed by atoms with E-state index in [9.17, 15) is 4.79 Å². The number of nitrogens with two attached hydrogens (primary N) is 1.